The zero-order chi connectivity index (χ0) is 12.7. The Balaban J connectivity index is 2.35. The van der Waals surface area contributed by atoms with Gasteiger partial charge in [0, 0.05) is 15.6 Å². The molecule has 0 saturated heterocycles. The summed E-state index contributed by atoms with van der Waals surface area (Å²) >= 11 is 2.32. The summed E-state index contributed by atoms with van der Waals surface area (Å²) in [4.78, 5) is 12.4. The van der Waals surface area contributed by atoms with Crippen LogP contribution in [0.4, 0.5) is 0 Å². The molecule has 3 rings (SSSR count). The van der Waals surface area contributed by atoms with Crippen LogP contribution >= 0.6 is 22.6 Å². The van der Waals surface area contributed by atoms with Crippen LogP contribution in [0.2, 0.25) is 0 Å². The van der Waals surface area contributed by atoms with Gasteiger partial charge in [0.25, 0.3) is 0 Å². The molecule has 2 nitrogen and oxygen atoms in total. The van der Waals surface area contributed by atoms with Crippen LogP contribution in [0.25, 0.3) is 11.1 Å². The molecule has 18 heavy (non-hydrogen) atoms. The van der Waals surface area contributed by atoms with Gasteiger partial charge in [0.05, 0.1) is 7.11 Å². The number of carbonyl (C=O) groups excluding carboxylic acids is 1. The lowest BCUT2D eigenvalue weighted by Crippen LogP contribution is -1.97. The molecule has 0 saturated carbocycles. The Kier molecular flexibility index (Phi) is 2.86. The van der Waals surface area contributed by atoms with E-state index in [2.05, 4.69) is 22.6 Å². The Morgan fingerprint density at radius 2 is 1.83 bits per heavy atom. The number of methoxy groups -OCH3 is 1. The molecule has 1 aliphatic carbocycles. The molecule has 0 heterocycles. The Bertz CT molecular complexity index is 647. The van der Waals surface area contributed by atoms with Gasteiger partial charge in [-0.15, -0.1) is 0 Å². The van der Waals surface area contributed by atoms with Crippen molar-refractivity contribution in [3.63, 3.8) is 0 Å². The van der Waals surface area contributed by atoms with Gasteiger partial charge in [0.1, 0.15) is 5.75 Å². The van der Waals surface area contributed by atoms with Crippen LogP contribution in [-0.2, 0) is 4.43 Å². The fourth-order valence-corrected chi connectivity index (χ4v) is 3.04. The van der Waals surface area contributed by atoms with Crippen molar-refractivity contribution in [2.24, 2.45) is 0 Å². The van der Waals surface area contributed by atoms with Crippen molar-refractivity contribution in [1.82, 2.24) is 0 Å². The number of hydrogen-bond donors (Lipinski definition) is 0. The average molecular weight is 350 g/mol. The largest absolute Gasteiger partial charge is 0.497 e. The number of ketones is 1. The van der Waals surface area contributed by atoms with Crippen molar-refractivity contribution in [1.29, 1.82) is 0 Å². The summed E-state index contributed by atoms with van der Waals surface area (Å²) in [6.45, 7) is 0. The summed E-state index contributed by atoms with van der Waals surface area (Å²) in [6.07, 6.45) is 0. The Labute approximate surface area is 119 Å². The van der Waals surface area contributed by atoms with Gasteiger partial charge in [-0.1, -0.05) is 46.9 Å². The second-order valence-electron chi connectivity index (χ2n) is 4.22. The molecule has 0 aromatic heterocycles. The second kappa shape index (κ2) is 4.39. The van der Waals surface area contributed by atoms with E-state index < -0.39 is 0 Å². The molecule has 0 radical (unpaired) electrons. The van der Waals surface area contributed by atoms with Crippen molar-refractivity contribution in [2.75, 3.05) is 7.11 Å². The van der Waals surface area contributed by atoms with Crippen molar-refractivity contribution in [3.05, 3.63) is 53.1 Å². The van der Waals surface area contributed by atoms with Crippen LogP contribution in [0.1, 0.15) is 21.5 Å². The molecule has 90 valence electrons. The highest BCUT2D eigenvalue weighted by atomic mass is 127. The maximum Gasteiger partial charge on any atom is 0.194 e. The molecule has 0 aliphatic heterocycles. The minimum atomic E-state index is 0.102. The van der Waals surface area contributed by atoms with Gasteiger partial charge in [-0.05, 0) is 28.8 Å². The lowest BCUT2D eigenvalue weighted by molar-refractivity contribution is 0.104. The van der Waals surface area contributed by atoms with E-state index >= 15 is 0 Å². The first-order valence-electron chi connectivity index (χ1n) is 5.67. The molecule has 2 aromatic rings. The molecule has 0 bridgehead atoms. The van der Waals surface area contributed by atoms with Crippen LogP contribution in [0.3, 0.4) is 0 Å². The summed E-state index contributed by atoms with van der Waals surface area (Å²) in [5, 5.41) is 0. The topological polar surface area (TPSA) is 26.3 Å². The van der Waals surface area contributed by atoms with Crippen LogP contribution in [0, 0.1) is 0 Å². The molecule has 0 amide bonds. The number of ether oxygens (including phenoxy) is 1. The zero-order valence-corrected chi connectivity index (χ0v) is 12.0. The summed E-state index contributed by atoms with van der Waals surface area (Å²) in [7, 11) is 1.63. The first-order chi connectivity index (χ1) is 8.76. The van der Waals surface area contributed by atoms with Crippen molar-refractivity contribution >= 4 is 28.4 Å². The van der Waals surface area contributed by atoms with Crippen molar-refractivity contribution in [3.8, 4) is 16.9 Å². The summed E-state index contributed by atoms with van der Waals surface area (Å²) in [6, 6.07) is 11.6. The van der Waals surface area contributed by atoms with E-state index in [0.717, 1.165) is 38.0 Å². The van der Waals surface area contributed by atoms with Crippen LogP contribution in [-0.4, -0.2) is 12.9 Å². The predicted molar refractivity (Wildman–Crippen MR) is 79.6 cm³/mol. The monoisotopic (exact) mass is 350 g/mol. The quantitative estimate of drug-likeness (QED) is 0.519. The molecule has 1 aliphatic rings. The van der Waals surface area contributed by atoms with Crippen molar-refractivity contribution < 1.29 is 9.53 Å². The van der Waals surface area contributed by atoms with Gasteiger partial charge in [0.2, 0.25) is 0 Å². The van der Waals surface area contributed by atoms with Crippen LogP contribution in [0.15, 0.2) is 36.4 Å². The third kappa shape index (κ3) is 1.57. The number of hydrogen-bond acceptors (Lipinski definition) is 2. The van der Waals surface area contributed by atoms with E-state index in [1.807, 2.05) is 36.4 Å². The molecule has 2 aromatic carbocycles. The fourth-order valence-electron chi connectivity index (χ4n) is 2.44. The summed E-state index contributed by atoms with van der Waals surface area (Å²) in [5.41, 5.74) is 4.84. The van der Waals surface area contributed by atoms with Crippen LogP contribution in [0.5, 0.6) is 5.75 Å². The lowest BCUT2D eigenvalue weighted by Gasteiger charge is -2.09. The SMILES string of the molecule is COc1cc(CI)c2c(c1)C(=O)c1ccccc1-2. The maximum absolute atomic E-state index is 12.4. The normalized spacial score (nSPS) is 12.2. The number of halogens is 1. The maximum atomic E-state index is 12.4. The predicted octanol–water partition coefficient (Wildman–Crippen LogP) is 3.84. The van der Waals surface area contributed by atoms with E-state index in [0.29, 0.717) is 0 Å². The van der Waals surface area contributed by atoms with Gasteiger partial charge >= 0.3 is 0 Å². The Morgan fingerprint density at radius 3 is 2.50 bits per heavy atom. The van der Waals surface area contributed by atoms with E-state index in [4.69, 9.17) is 4.74 Å². The Hall–Kier alpha value is -1.36. The lowest BCUT2D eigenvalue weighted by atomic mass is 10.0. The first-order valence-corrected chi connectivity index (χ1v) is 7.19. The van der Waals surface area contributed by atoms with Crippen LogP contribution < -0.4 is 4.74 Å². The van der Waals surface area contributed by atoms with E-state index in [1.165, 1.54) is 0 Å². The highest BCUT2D eigenvalue weighted by molar-refractivity contribution is 14.1. The van der Waals surface area contributed by atoms with Gasteiger partial charge in [-0.2, -0.15) is 0 Å². The summed E-state index contributed by atoms with van der Waals surface area (Å²) in [5.74, 6) is 0.854. The van der Waals surface area contributed by atoms with E-state index in [-0.39, 0.29) is 5.78 Å². The standard InChI is InChI=1S/C15H11IO2/c1-18-10-6-9(8-16)14-11-4-2-3-5-12(11)15(17)13(14)7-10/h2-7H,8H2,1H3. The molecule has 0 atom stereocenters. The molecule has 0 N–H and O–H groups in total. The third-order valence-electron chi connectivity index (χ3n) is 3.26. The zero-order valence-electron chi connectivity index (χ0n) is 9.87. The number of carbonyl (C=O) groups is 1. The van der Waals surface area contributed by atoms with E-state index in [9.17, 15) is 4.79 Å². The first kappa shape index (κ1) is 11.7. The highest BCUT2D eigenvalue weighted by Gasteiger charge is 2.28. The minimum absolute atomic E-state index is 0.102. The molecular weight excluding hydrogens is 339 g/mol. The molecular formula is C15H11IO2. The highest BCUT2D eigenvalue weighted by Crippen LogP contribution is 2.41. The summed E-state index contributed by atoms with van der Waals surface area (Å²) < 4.78 is 6.13. The average Bonchev–Trinajstić information content (AvgIpc) is 2.72. The Morgan fingerprint density at radius 1 is 1.11 bits per heavy atom. The number of fused-ring (bicyclic) bond motifs is 3. The van der Waals surface area contributed by atoms with Gasteiger partial charge in [0.15, 0.2) is 5.78 Å². The van der Waals surface area contributed by atoms with Gasteiger partial charge in [-0.25, -0.2) is 0 Å². The second-order valence-corrected chi connectivity index (χ2v) is 4.98. The number of alkyl halides is 1. The number of benzene rings is 2. The number of rotatable bonds is 2. The fraction of sp³-hybridized carbons (Fsp3) is 0.133. The van der Waals surface area contributed by atoms with E-state index in [1.54, 1.807) is 7.11 Å². The molecule has 0 spiro atoms. The minimum Gasteiger partial charge on any atom is -0.497 e. The van der Waals surface area contributed by atoms with Crippen molar-refractivity contribution in [2.45, 2.75) is 4.43 Å². The molecule has 0 unspecified atom stereocenters. The van der Waals surface area contributed by atoms with Gasteiger partial charge in [-0.3, -0.25) is 4.79 Å². The molecule has 3 heteroatoms. The smallest absolute Gasteiger partial charge is 0.194 e. The molecule has 0 fully saturated rings. The van der Waals surface area contributed by atoms with Gasteiger partial charge < -0.3 is 4.74 Å². The third-order valence-corrected chi connectivity index (χ3v) is 4.08.